The van der Waals surface area contributed by atoms with Gasteiger partial charge in [-0.3, -0.25) is 9.52 Å². The van der Waals surface area contributed by atoms with Crippen molar-refractivity contribution in [2.45, 2.75) is 11.8 Å². The Hall–Kier alpha value is -2.90. The van der Waals surface area contributed by atoms with Crippen LogP contribution in [-0.2, 0) is 10.0 Å². The minimum absolute atomic E-state index is 0.162. The Morgan fingerprint density at radius 1 is 1.03 bits per heavy atom. The van der Waals surface area contributed by atoms with Gasteiger partial charge in [0.15, 0.2) is 0 Å². The summed E-state index contributed by atoms with van der Waals surface area (Å²) in [5.41, 5.74) is 1.46. The normalized spacial score (nSPS) is 11.1. The number of carbonyl (C=O) groups is 1. The standard InChI is InChI=1S/C21H18ClFN2O3S/c1-2-25(17-6-4-3-5-7-17)21(26)15-8-10-16(11-9-15)24-29(27,28)18-12-13-20(23)19(22)14-18/h3-14,24H,2H2,1H3. The molecule has 8 heteroatoms. The van der Waals surface area contributed by atoms with E-state index in [2.05, 4.69) is 4.72 Å². The van der Waals surface area contributed by atoms with Crippen molar-refractivity contribution in [2.75, 3.05) is 16.2 Å². The minimum atomic E-state index is -3.95. The van der Waals surface area contributed by atoms with Crippen LogP contribution in [0.3, 0.4) is 0 Å². The van der Waals surface area contributed by atoms with Crippen molar-refractivity contribution in [1.29, 1.82) is 0 Å². The number of anilines is 2. The molecule has 29 heavy (non-hydrogen) atoms. The second-order valence-corrected chi connectivity index (χ2v) is 8.23. The van der Waals surface area contributed by atoms with E-state index >= 15 is 0 Å². The quantitative estimate of drug-likeness (QED) is 0.599. The fraction of sp³-hybridized carbons (Fsp3) is 0.0952. The largest absolute Gasteiger partial charge is 0.309 e. The molecule has 5 nitrogen and oxygen atoms in total. The van der Waals surface area contributed by atoms with E-state index < -0.39 is 15.8 Å². The third kappa shape index (κ3) is 4.75. The molecule has 0 aliphatic heterocycles. The zero-order chi connectivity index (χ0) is 21.0. The lowest BCUT2D eigenvalue weighted by Crippen LogP contribution is -2.30. The number of benzene rings is 3. The van der Waals surface area contributed by atoms with Crippen molar-refractivity contribution in [2.24, 2.45) is 0 Å². The molecule has 0 saturated heterocycles. The van der Waals surface area contributed by atoms with Gasteiger partial charge < -0.3 is 4.90 Å². The lowest BCUT2D eigenvalue weighted by Gasteiger charge is -2.21. The molecule has 0 bridgehead atoms. The third-order valence-electron chi connectivity index (χ3n) is 4.21. The molecule has 3 aromatic carbocycles. The molecule has 0 unspecified atom stereocenters. The highest BCUT2D eigenvalue weighted by Crippen LogP contribution is 2.23. The molecule has 1 N–H and O–H groups in total. The van der Waals surface area contributed by atoms with Crippen LogP contribution in [0.25, 0.3) is 0 Å². The molecule has 0 radical (unpaired) electrons. The Balaban J connectivity index is 1.79. The van der Waals surface area contributed by atoms with Crippen LogP contribution >= 0.6 is 11.6 Å². The fourth-order valence-electron chi connectivity index (χ4n) is 2.75. The van der Waals surface area contributed by atoms with E-state index in [9.17, 15) is 17.6 Å². The van der Waals surface area contributed by atoms with Gasteiger partial charge in [-0.25, -0.2) is 12.8 Å². The van der Waals surface area contributed by atoms with E-state index in [0.717, 1.165) is 23.9 Å². The highest BCUT2D eigenvalue weighted by Gasteiger charge is 2.18. The maximum Gasteiger partial charge on any atom is 0.261 e. The molecule has 0 aliphatic rings. The summed E-state index contributed by atoms with van der Waals surface area (Å²) in [6, 6.07) is 18.5. The number of rotatable bonds is 6. The summed E-state index contributed by atoms with van der Waals surface area (Å²) in [6.07, 6.45) is 0. The zero-order valence-corrected chi connectivity index (χ0v) is 17.0. The van der Waals surface area contributed by atoms with E-state index in [0.29, 0.717) is 12.1 Å². The SMILES string of the molecule is CCN(C(=O)c1ccc(NS(=O)(=O)c2ccc(F)c(Cl)c2)cc1)c1ccccc1. The first-order valence-corrected chi connectivity index (χ1v) is 10.6. The van der Waals surface area contributed by atoms with Crippen molar-refractivity contribution in [3.63, 3.8) is 0 Å². The van der Waals surface area contributed by atoms with Crippen molar-refractivity contribution in [3.05, 3.63) is 89.2 Å². The van der Waals surface area contributed by atoms with E-state index in [1.165, 1.54) is 12.1 Å². The summed E-state index contributed by atoms with van der Waals surface area (Å²) in [5, 5.41) is -0.283. The number of carbonyl (C=O) groups excluding carboxylic acids is 1. The summed E-state index contributed by atoms with van der Waals surface area (Å²) in [7, 11) is -3.95. The predicted molar refractivity (Wildman–Crippen MR) is 112 cm³/mol. The molecule has 0 atom stereocenters. The number of hydrogen-bond donors (Lipinski definition) is 1. The van der Waals surface area contributed by atoms with E-state index in [4.69, 9.17) is 11.6 Å². The summed E-state index contributed by atoms with van der Waals surface area (Å²) in [5.74, 6) is -0.897. The first-order valence-electron chi connectivity index (χ1n) is 8.76. The van der Waals surface area contributed by atoms with Crippen LogP contribution < -0.4 is 9.62 Å². The van der Waals surface area contributed by atoms with Gasteiger partial charge in [-0.1, -0.05) is 29.8 Å². The molecule has 0 aromatic heterocycles. The Kier molecular flexibility index (Phi) is 6.20. The van der Waals surface area contributed by atoms with Crippen molar-refractivity contribution >= 4 is 38.9 Å². The molecule has 150 valence electrons. The first kappa shape index (κ1) is 20.8. The number of sulfonamides is 1. The maximum absolute atomic E-state index is 13.3. The fourth-order valence-corrected chi connectivity index (χ4v) is 4.08. The molecule has 3 rings (SSSR count). The van der Waals surface area contributed by atoms with Gasteiger partial charge in [0.25, 0.3) is 15.9 Å². The molecule has 0 fully saturated rings. The smallest absolute Gasteiger partial charge is 0.261 e. The lowest BCUT2D eigenvalue weighted by molar-refractivity contribution is 0.0988. The van der Waals surface area contributed by atoms with Gasteiger partial charge in [0.2, 0.25) is 0 Å². The first-order chi connectivity index (χ1) is 13.8. The van der Waals surface area contributed by atoms with Crippen molar-refractivity contribution < 1.29 is 17.6 Å². The third-order valence-corrected chi connectivity index (χ3v) is 5.88. The number of nitrogens with one attached hydrogen (secondary N) is 1. The van der Waals surface area contributed by atoms with Gasteiger partial charge in [-0.15, -0.1) is 0 Å². The molecule has 0 aliphatic carbocycles. The molecular formula is C21H18ClFN2O3S. The van der Waals surface area contributed by atoms with Gasteiger partial charge in [0.05, 0.1) is 9.92 Å². The molecule has 3 aromatic rings. The van der Waals surface area contributed by atoms with E-state index in [-0.39, 0.29) is 21.5 Å². The number of nitrogens with zero attached hydrogens (tertiary/aromatic N) is 1. The number of para-hydroxylation sites is 1. The van der Waals surface area contributed by atoms with Crippen molar-refractivity contribution in [1.82, 2.24) is 0 Å². The topological polar surface area (TPSA) is 66.5 Å². The molecular weight excluding hydrogens is 415 g/mol. The summed E-state index contributed by atoms with van der Waals surface area (Å²) in [4.78, 5) is 14.3. The van der Waals surface area contributed by atoms with Crippen LogP contribution in [-0.4, -0.2) is 20.9 Å². The highest BCUT2D eigenvalue weighted by molar-refractivity contribution is 7.92. The van der Waals surface area contributed by atoms with Crippen LogP contribution in [0.15, 0.2) is 77.7 Å². The van der Waals surface area contributed by atoms with Gasteiger partial charge in [0, 0.05) is 23.5 Å². The average molecular weight is 433 g/mol. The van der Waals surface area contributed by atoms with Crippen LogP contribution in [0.2, 0.25) is 5.02 Å². The van der Waals surface area contributed by atoms with Crippen LogP contribution in [0.4, 0.5) is 15.8 Å². The van der Waals surface area contributed by atoms with E-state index in [1.807, 2.05) is 37.3 Å². The van der Waals surface area contributed by atoms with Crippen LogP contribution in [0, 0.1) is 5.82 Å². The number of hydrogen-bond acceptors (Lipinski definition) is 3. The van der Waals surface area contributed by atoms with Crippen LogP contribution in [0.1, 0.15) is 17.3 Å². The summed E-state index contributed by atoms with van der Waals surface area (Å²) >= 11 is 5.66. The maximum atomic E-state index is 13.3. The highest BCUT2D eigenvalue weighted by atomic mass is 35.5. The number of halogens is 2. The van der Waals surface area contributed by atoms with Gasteiger partial charge in [-0.05, 0) is 61.5 Å². The average Bonchev–Trinajstić information content (AvgIpc) is 2.71. The Labute approximate surface area is 173 Å². The van der Waals surface area contributed by atoms with Crippen LogP contribution in [0.5, 0.6) is 0 Å². The monoisotopic (exact) mass is 432 g/mol. The second kappa shape index (κ2) is 8.63. The molecule has 0 heterocycles. The Morgan fingerprint density at radius 3 is 2.28 bits per heavy atom. The second-order valence-electron chi connectivity index (χ2n) is 6.14. The molecule has 0 saturated carbocycles. The lowest BCUT2D eigenvalue weighted by atomic mass is 10.1. The number of amides is 1. The van der Waals surface area contributed by atoms with E-state index in [1.54, 1.807) is 17.0 Å². The summed E-state index contributed by atoms with van der Waals surface area (Å²) < 4.78 is 40.6. The predicted octanol–water partition coefficient (Wildman–Crippen LogP) is 4.95. The Bertz CT molecular complexity index is 1120. The van der Waals surface area contributed by atoms with Crippen molar-refractivity contribution in [3.8, 4) is 0 Å². The minimum Gasteiger partial charge on any atom is -0.309 e. The molecule has 0 spiro atoms. The Morgan fingerprint density at radius 2 is 1.69 bits per heavy atom. The van der Waals surface area contributed by atoms with Gasteiger partial charge in [0.1, 0.15) is 5.82 Å². The summed E-state index contributed by atoms with van der Waals surface area (Å²) in [6.45, 7) is 2.36. The zero-order valence-electron chi connectivity index (χ0n) is 15.5. The molecule has 1 amide bonds. The van der Waals surface area contributed by atoms with Gasteiger partial charge >= 0.3 is 0 Å². The van der Waals surface area contributed by atoms with Gasteiger partial charge in [-0.2, -0.15) is 0 Å².